The molecule has 0 atom stereocenters. The van der Waals surface area contributed by atoms with Crippen molar-refractivity contribution in [2.75, 3.05) is 0 Å². The van der Waals surface area contributed by atoms with Gasteiger partial charge in [0.25, 0.3) is 0 Å². The summed E-state index contributed by atoms with van der Waals surface area (Å²) in [4.78, 5) is 10.5. The zero-order valence-corrected chi connectivity index (χ0v) is 11.5. The van der Waals surface area contributed by atoms with Crippen molar-refractivity contribution in [3.63, 3.8) is 0 Å². The molecule has 5 heteroatoms. The van der Waals surface area contributed by atoms with Crippen LogP contribution in [0.1, 0.15) is 11.1 Å². The second-order valence-electron chi connectivity index (χ2n) is 4.10. The smallest absolute Gasteiger partial charge is 0.328 e. The van der Waals surface area contributed by atoms with Gasteiger partial charge in [0.1, 0.15) is 11.5 Å². The second kappa shape index (κ2) is 6.60. The quantitative estimate of drug-likeness (QED) is 0.863. The van der Waals surface area contributed by atoms with Crippen LogP contribution in [0.4, 0.5) is 0 Å². The average molecular weight is 300 g/mol. The van der Waals surface area contributed by atoms with Gasteiger partial charge in [-0.05, 0) is 48.0 Å². The molecule has 0 amide bonds. The molecule has 2 aromatic carbocycles. The van der Waals surface area contributed by atoms with Gasteiger partial charge < -0.3 is 9.84 Å². The summed E-state index contributed by atoms with van der Waals surface area (Å²) in [5, 5.41) is 17.7. The summed E-state index contributed by atoms with van der Waals surface area (Å²) in [6.07, 6.45) is 2.48. The third kappa shape index (κ3) is 4.10. The topological polar surface area (TPSA) is 70.3 Å². The van der Waals surface area contributed by atoms with Crippen LogP contribution in [0.15, 0.2) is 48.5 Å². The summed E-state index contributed by atoms with van der Waals surface area (Å²) >= 11 is 6.09. The van der Waals surface area contributed by atoms with E-state index in [-0.39, 0.29) is 0 Å². The summed E-state index contributed by atoms with van der Waals surface area (Å²) in [6, 6.07) is 13.6. The maximum absolute atomic E-state index is 10.5. The Morgan fingerprint density at radius 2 is 1.95 bits per heavy atom. The standard InChI is InChI=1S/C16H10ClNO3/c17-14-9-11(4-8-16(19)20)3-7-15(14)21-13-5-1-12(10-18)2-6-13/h1-9H,(H,19,20)/b8-4+. The van der Waals surface area contributed by atoms with Crippen LogP contribution in [0.3, 0.4) is 0 Å². The van der Waals surface area contributed by atoms with E-state index in [0.29, 0.717) is 27.6 Å². The van der Waals surface area contributed by atoms with Crippen molar-refractivity contribution >= 4 is 23.6 Å². The molecule has 0 aliphatic carbocycles. The Morgan fingerprint density at radius 3 is 2.52 bits per heavy atom. The molecule has 0 aliphatic rings. The van der Waals surface area contributed by atoms with E-state index in [1.165, 1.54) is 6.08 Å². The molecule has 0 bridgehead atoms. The van der Waals surface area contributed by atoms with Crippen molar-refractivity contribution < 1.29 is 14.6 Å². The maximum Gasteiger partial charge on any atom is 0.328 e. The molecule has 0 heterocycles. The SMILES string of the molecule is N#Cc1ccc(Oc2ccc(/C=C/C(=O)O)cc2Cl)cc1. The molecule has 4 nitrogen and oxygen atoms in total. The number of benzene rings is 2. The van der Waals surface area contributed by atoms with E-state index in [2.05, 4.69) is 0 Å². The normalized spacial score (nSPS) is 10.3. The highest BCUT2D eigenvalue weighted by Gasteiger charge is 2.04. The Balaban J connectivity index is 2.17. The van der Waals surface area contributed by atoms with E-state index >= 15 is 0 Å². The van der Waals surface area contributed by atoms with Crippen LogP contribution in [-0.4, -0.2) is 11.1 Å². The largest absolute Gasteiger partial charge is 0.478 e. The first-order valence-corrected chi connectivity index (χ1v) is 6.35. The monoisotopic (exact) mass is 299 g/mol. The first kappa shape index (κ1) is 14.6. The fourth-order valence-electron chi connectivity index (χ4n) is 1.60. The van der Waals surface area contributed by atoms with Crippen molar-refractivity contribution in [1.29, 1.82) is 5.26 Å². The molecule has 0 fully saturated rings. The van der Waals surface area contributed by atoms with Crippen molar-refractivity contribution in [3.05, 3.63) is 64.7 Å². The first-order chi connectivity index (χ1) is 10.1. The second-order valence-corrected chi connectivity index (χ2v) is 4.51. The average Bonchev–Trinajstić information content (AvgIpc) is 2.48. The Labute approximate surface area is 126 Å². The number of nitriles is 1. The van der Waals surface area contributed by atoms with E-state index in [9.17, 15) is 4.79 Å². The number of aliphatic carboxylic acids is 1. The van der Waals surface area contributed by atoms with Gasteiger partial charge in [-0.1, -0.05) is 17.7 Å². The maximum atomic E-state index is 10.5. The number of halogens is 1. The van der Waals surface area contributed by atoms with Gasteiger partial charge in [-0.25, -0.2) is 4.79 Å². The zero-order chi connectivity index (χ0) is 15.2. The minimum atomic E-state index is -1.02. The van der Waals surface area contributed by atoms with E-state index < -0.39 is 5.97 Å². The first-order valence-electron chi connectivity index (χ1n) is 5.97. The molecule has 0 saturated carbocycles. The molecule has 2 aromatic rings. The van der Waals surface area contributed by atoms with Crippen LogP contribution < -0.4 is 4.74 Å². The highest BCUT2D eigenvalue weighted by molar-refractivity contribution is 6.32. The molecule has 2 rings (SSSR count). The lowest BCUT2D eigenvalue weighted by molar-refractivity contribution is -0.131. The van der Waals surface area contributed by atoms with Crippen molar-refractivity contribution in [1.82, 2.24) is 0 Å². The van der Waals surface area contributed by atoms with Crippen LogP contribution in [0.25, 0.3) is 6.08 Å². The Morgan fingerprint density at radius 1 is 1.24 bits per heavy atom. The summed E-state index contributed by atoms with van der Waals surface area (Å²) < 4.78 is 5.61. The summed E-state index contributed by atoms with van der Waals surface area (Å²) in [6.45, 7) is 0. The van der Waals surface area contributed by atoms with Crippen molar-refractivity contribution in [3.8, 4) is 17.6 Å². The molecule has 1 N–H and O–H groups in total. The van der Waals surface area contributed by atoms with Crippen LogP contribution >= 0.6 is 11.6 Å². The highest BCUT2D eigenvalue weighted by Crippen LogP contribution is 2.30. The van der Waals surface area contributed by atoms with Crippen molar-refractivity contribution in [2.45, 2.75) is 0 Å². The number of carboxylic acid groups (broad SMARTS) is 1. The van der Waals surface area contributed by atoms with Gasteiger partial charge in [-0.2, -0.15) is 5.26 Å². The predicted molar refractivity (Wildman–Crippen MR) is 79.4 cm³/mol. The molecule has 0 saturated heterocycles. The van der Waals surface area contributed by atoms with E-state index in [1.54, 1.807) is 42.5 Å². The Hall–Kier alpha value is -2.77. The van der Waals surface area contributed by atoms with E-state index in [4.69, 9.17) is 26.7 Å². The van der Waals surface area contributed by atoms with Gasteiger partial charge in [-0.3, -0.25) is 0 Å². The third-order valence-electron chi connectivity index (χ3n) is 2.59. The molecular formula is C16H10ClNO3. The number of hydrogen-bond donors (Lipinski definition) is 1. The molecule has 104 valence electrons. The van der Waals surface area contributed by atoms with Crippen LogP contribution in [0.5, 0.6) is 11.5 Å². The molecular weight excluding hydrogens is 290 g/mol. The molecule has 0 aromatic heterocycles. The summed E-state index contributed by atoms with van der Waals surface area (Å²) in [7, 11) is 0. The van der Waals surface area contributed by atoms with E-state index in [0.717, 1.165) is 6.08 Å². The number of carbonyl (C=O) groups is 1. The number of ether oxygens (including phenoxy) is 1. The Kier molecular flexibility index (Phi) is 4.60. The van der Waals surface area contributed by atoms with Crippen LogP contribution in [-0.2, 0) is 4.79 Å². The molecule has 0 unspecified atom stereocenters. The fraction of sp³-hybridized carbons (Fsp3) is 0. The number of carboxylic acids is 1. The van der Waals surface area contributed by atoms with Gasteiger partial charge in [0, 0.05) is 6.08 Å². The summed E-state index contributed by atoms with van der Waals surface area (Å²) in [5.74, 6) is -0.0115. The molecule has 21 heavy (non-hydrogen) atoms. The third-order valence-corrected chi connectivity index (χ3v) is 2.88. The number of nitrogens with zero attached hydrogens (tertiary/aromatic N) is 1. The van der Waals surface area contributed by atoms with Crippen LogP contribution in [0, 0.1) is 11.3 Å². The fourth-order valence-corrected chi connectivity index (χ4v) is 1.82. The molecule has 0 aliphatic heterocycles. The minimum Gasteiger partial charge on any atom is -0.478 e. The number of hydrogen-bond acceptors (Lipinski definition) is 3. The van der Waals surface area contributed by atoms with Crippen LogP contribution in [0.2, 0.25) is 5.02 Å². The van der Waals surface area contributed by atoms with Gasteiger partial charge in [0.2, 0.25) is 0 Å². The molecule has 0 radical (unpaired) electrons. The van der Waals surface area contributed by atoms with Gasteiger partial charge >= 0.3 is 5.97 Å². The van der Waals surface area contributed by atoms with Gasteiger partial charge in [0.15, 0.2) is 0 Å². The van der Waals surface area contributed by atoms with Gasteiger partial charge in [0.05, 0.1) is 16.7 Å². The molecule has 0 spiro atoms. The lowest BCUT2D eigenvalue weighted by atomic mass is 10.2. The zero-order valence-electron chi connectivity index (χ0n) is 10.8. The van der Waals surface area contributed by atoms with Crippen molar-refractivity contribution in [2.24, 2.45) is 0 Å². The minimum absolute atomic E-state index is 0.367. The highest BCUT2D eigenvalue weighted by atomic mass is 35.5. The lowest BCUT2D eigenvalue weighted by Gasteiger charge is -2.08. The van der Waals surface area contributed by atoms with Gasteiger partial charge in [-0.15, -0.1) is 0 Å². The predicted octanol–water partition coefficient (Wildman–Crippen LogP) is 4.10. The number of rotatable bonds is 4. The summed E-state index contributed by atoms with van der Waals surface area (Å²) in [5.41, 5.74) is 1.21. The Bertz CT molecular complexity index is 730. The van der Waals surface area contributed by atoms with E-state index in [1.807, 2.05) is 6.07 Å². The lowest BCUT2D eigenvalue weighted by Crippen LogP contribution is -1.88.